The van der Waals surface area contributed by atoms with Gasteiger partial charge in [-0.1, -0.05) is 17.7 Å². The van der Waals surface area contributed by atoms with Gasteiger partial charge in [0.1, 0.15) is 11.2 Å². The predicted molar refractivity (Wildman–Crippen MR) is 119 cm³/mol. The summed E-state index contributed by atoms with van der Waals surface area (Å²) in [6.45, 7) is 1.95. The van der Waals surface area contributed by atoms with Crippen LogP contribution in [0.4, 0.5) is 5.69 Å². The average molecular weight is 435 g/mol. The Morgan fingerprint density at radius 1 is 1.13 bits per heavy atom. The molecule has 31 heavy (non-hydrogen) atoms. The molecule has 0 radical (unpaired) electrons. The molecule has 3 aliphatic heterocycles. The van der Waals surface area contributed by atoms with Crippen LogP contribution >= 0.6 is 11.6 Å². The second-order valence-electron chi connectivity index (χ2n) is 8.79. The Morgan fingerprint density at radius 2 is 2.00 bits per heavy atom. The Balaban J connectivity index is 1.24. The molecule has 6 nitrogen and oxygen atoms in total. The summed E-state index contributed by atoms with van der Waals surface area (Å²) in [5.41, 5.74) is 3.31. The molecule has 2 spiro atoms. The Bertz CT molecular complexity index is 1150. The first-order valence-corrected chi connectivity index (χ1v) is 11.1. The lowest BCUT2D eigenvalue weighted by molar-refractivity contribution is -0.0393. The number of aromatic nitrogens is 2. The van der Waals surface area contributed by atoms with Gasteiger partial charge >= 0.3 is 0 Å². The molecule has 158 valence electrons. The molecule has 0 bridgehead atoms. The molecule has 1 N–H and O–H groups in total. The molecule has 0 aliphatic carbocycles. The van der Waals surface area contributed by atoms with Crippen LogP contribution in [0.25, 0.3) is 5.69 Å². The van der Waals surface area contributed by atoms with Crippen LogP contribution in [-0.2, 0) is 10.3 Å². The summed E-state index contributed by atoms with van der Waals surface area (Å²) in [7, 11) is 0. The maximum absolute atomic E-state index is 12.8. The number of hydrogen-bond donors (Lipinski definition) is 1. The van der Waals surface area contributed by atoms with E-state index < -0.39 is 0 Å². The third kappa shape index (κ3) is 2.97. The highest BCUT2D eigenvalue weighted by Gasteiger charge is 2.54. The van der Waals surface area contributed by atoms with E-state index in [4.69, 9.17) is 16.3 Å². The van der Waals surface area contributed by atoms with Crippen LogP contribution in [0, 0.1) is 0 Å². The van der Waals surface area contributed by atoms with E-state index in [-0.39, 0.29) is 17.0 Å². The van der Waals surface area contributed by atoms with Gasteiger partial charge in [-0.05, 0) is 55.3 Å². The van der Waals surface area contributed by atoms with E-state index in [0.29, 0.717) is 30.4 Å². The number of hydrogen-bond acceptors (Lipinski definition) is 4. The molecular weight excluding hydrogens is 412 g/mol. The summed E-state index contributed by atoms with van der Waals surface area (Å²) >= 11 is 6.29. The third-order valence-corrected chi connectivity index (χ3v) is 7.16. The topological polar surface area (TPSA) is 59.4 Å². The van der Waals surface area contributed by atoms with Gasteiger partial charge in [-0.15, -0.1) is 0 Å². The van der Waals surface area contributed by atoms with Gasteiger partial charge in [0, 0.05) is 36.9 Å². The smallest absolute Gasteiger partial charge is 0.272 e. The number of halogens is 1. The third-order valence-electron chi connectivity index (χ3n) is 6.93. The lowest BCUT2D eigenvalue weighted by Gasteiger charge is -2.41. The monoisotopic (exact) mass is 434 g/mol. The Hall–Kier alpha value is -2.83. The number of benzene rings is 1. The highest BCUT2D eigenvalue weighted by molar-refractivity contribution is 6.31. The number of piperidine rings is 1. The van der Waals surface area contributed by atoms with Crippen molar-refractivity contribution < 1.29 is 9.53 Å². The molecule has 2 saturated heterocycles. The number of fused-ring (bicyclic) bond motifs is 4. The van der Waals surface area contributed by atoms with Crippen LogP contribution in [0.5, 0.6) is 0 Å². The van der Waals surface area contributed by atoms with Gasteiger partial charge in [-0.25, -0.2) is 0 Å². The van der Waals surface area contributed by atoms with Crippen molar-refractivity contribution >= 4 is 23.2 Å². The van der Waals surface area contributed by atoms with Crippen molar-refractivity contribution in [1.29, 1.82) is 0 Å². The minimum Gasteiger partial charge on any atom is -0.372 e. The largest absolute Gasteiger partial charge is 0.372 e. The molecule has 1 unspecified atom stereocenters. The van der Waals surface area contributed by atoms with Gasteiger partial charge in [0.05, 0.1) is 29.3 Å². The zero-order valence-electron chi connectivity index (χ0n) is 17.1. The fraction of sp³-hybridized carbons (Fsp3) is 0.333. The van der Waals surface area contributed by atoms with E-state index in [1.54, 1.807) is 12.3 Å². The van der Waals surface area contributed by atoms with Crippen molar-refractivity contribution in [2.24, 2.45) is 0 Å². The predicted octanol–water partition coefficient (Wildman–Crippen LogP) is 4.24. The van der Waals surface area contributed by atoms with Gasteiger partial charge in [-0.2, -0.15) is 0 Å². The van der Waals surface area contributed by atoms with Crippen LogP contribution in [0.2, 0.25) is 5.02 Å². The summed E-state index contributed by atoms with van der Waals surface area (Å²) in [4.78, 5) is 18.9. The van der Waals surface area contributed by atoms with Crippen molar-refractivity contribution in [3.05, 3.63) is 77.3 Å². The van der Waals surface area contributed by atoms with Gasteiger partial charge in [0.15, 0.2) is 0 Å². The second-order valence-corrected chi connectivity index (χ2v) is 9.22. The maximum Gasteiger partial charge on any atom is 0.272 e. The van der Waals surface area contributed by atoms with Crippen molar-refractivity contribution in [2.75, 3.05) is 25.0 Å². The number of pyridine rings is 1. The fourth-order valence-corrected chi connectivity index (χ4v) is 5.56. The van der Waals surface area contributed by atoms with Crippen LogP contribution in [-0.4, -0.2) is 45.7 Å². The molecule has 0 saturated carbocycles. The standard InChI is InChI=1S/C24H23ClN4O2/c25-17-6-7-20-19(14-17)27-24(21-5-3-11-29(20)21)15-23(31-16-24)8-12-28(13-9-23)22(30)18-4-1-2-10-26-18/h1-7,10-11,14,27H,8-9,12-13,15-16H2. The lowest BCUT2D eigenvalue weighted by Crippen LogP contribution is -2.48. The molecule has 1 aromatic carbocycles. The van der Waals surface area contributed by atoms with Gasteiger partial charge in [-0.3, -0.25) is 9.78 Å². The lowest BCUT2D eigenvalue weighted by atomic mass is 9.79. The first-order valence-electron chi connectivity index (χ1n) is 10.7. The summed E-state index contributed by atoms with van der Waals surface area (Å²) in [5, 5.41) is 4.48. The molecular formula is C24H23ClN4O2. The molecule has 5 heterocycles. The van der Waals surface area contributed by atoms with E-state index >= 15 is 0 Å². The number of carbonyl (C=O) groups excluding carboxylic acids is 1. The molecule has 6 rings (SSSR count). The summed E-state index contributed by atoms with van der Waals surface area (Å²) < 4.78 is 8.76. The zero-order valence-corrected chi connectivity index (χ0v) is 17.8. The van der Waals surface area contributed by atoms with Crippen LogP contribution in [0.15, 0.2) is 60.9 Å². The number of nitrogens with zero attached hydrogens (tertiary/aromatic N) is 3. The first kappa shape index (κ1) is 18.9. The number of ether oxygens (including phenoxy) is 1. The Labute approximate surface area is 185 Å². The number of amides is 1. The Kier molecular flexibility index (Phi) is 4.17. The molecule has 7 heteroatoms. The normalized spacial score (nSPS) is 23.5. The molecule has 3 aliphatic rings. The average Bonchev–Trinajstić information content (AvgIpc) is 3.42. The number of nitrogens with one attached hydrogen (secondary N) is 1. The highest BCUT2D eigenvalue weighted by Crippen LogP contribution is 2.50. The molecule has 2 fully saturated rings. The highest BCUT2D eigenvalue weighted by atomic mass is 35.5. The zero-order chi connectivity index (χ0) is 21.1. The first-order chi connectivity index (χ1) is 15.1. The Morgan fingerprint density at radius 3 is 2.81 bits per heavy atom. The minimum absolute atomic E-state index is 0.00334. The SMILES string of the molecule is O=C(c1ccccn1)N1CCC2(CC1)CC1(CO2)Nc2cc(Cl)ccc2-n2cccc21. The minimum atomic E-state index is -0.297. The molecule has 3 aromatic rings. The quantitative estimate of drug-likeness (QED) is 0.622. The van der Waals surface area contributed by atoms with Crippen molar-refractivity contribution in [3.63, 3.8) is 0 Å². The van der Waals surface area contributed by atoms with Crippen molar-refractivity contribution in [3.8, 4) is 5.69 Å². The summed E-state index contributed by atoms with van der Waals surface area (Å²) in [6.07, 6.45) is 6.26. The van der Waals surface area contributed by atoms with E-state index in [1.165, 1.54) is 5.69 Å². The van der Waals surface area contributed by atoms with E-state index in [9.17, 15) is 4.79 Å². The van der Waals surface area contributed by atoms with Gasteiger partial charge < -0.3 is 19.5 Å². The van der Waals surface area contributed by atoms with Crippen molar-refractivity contribution in [1.82, 2.24) is 14.5 Å². The van der Waals surface area contributed by atoms with Gasteiger partial charge in [0.2, 0.25) is 0 Å². The molecule has 1 atom stereocenters. The van der Waals surface area contributed by atoms with E-state index in [0.717, 1.165) is 30.6 Å². The molecule has 2 aromatic heterocycles. The van der Waals surface area contributed by atoms with E-state index in [1.807, 2.05) is 35.2 Å². The molecule has 1 amide bonds. The number of anilines is 1. The van der Waals surface area contributed by atoms with Crippen LogP contribution in [0.3, 0.4) is 0 Å². The van der Waals surface area contributed by atoms with E-state index in [2.05, 4.69) is 33.2 Å². The number of likely N-dealkylation sites (tertiary alicyclic amines) is 1. The van der Waals surface area contributed by atoms with Crippen LogP contribution in [0.1, 0.15) is 35.4 Å². The summed E-state index contributed by atoms with van der Waals surface area (Å²) in [5.74, 6) is -0.00334. The number of carbonyl (C=O) groups is 1. The number of rotatable bonds is 1. The fourth-order valence-electron chi connectivity index (χ4n) is 5.38. The maximum atomic E-state index is 12.8. The van der Waals surface area contributed by atoms with Crippen molar-refractivity contribution in [2.45, 2.75) is 30.4 Å². The summed E-state index contributed by atoms with van der Waals surface area (Å²) in [6, 6.07) is 15.7. The second kappa shape index (κ2) is 6.84. The van der Waals surface area contributed by atoms with Crippen LogP contribution < -0.4 is 5.32 Å². The van der Waals surface area contributed by atoms with Gasteiger partial charge in [0.25, 0.3) is 5.91 Å².